The molecule has 0 bridgehead atoms. The van der Waals surface area contributed by atoms with Gasteiger partial charge in [0.25, 0.3) is 0 Å². The number of nitrogens with one attached hydrogen (secondary N) is 19. The summed E-state index contributed by atoms with van der Waals surface area (Å²) in [6, 6.07) is 6.08. The zero-order chi connectivity index (χ0) is 93.7. The van der Waals surface area contributed by atoms with E-state index in [0.717, 1.165) is 0 Å². The van der Waals surface area contributed by atoms with Crippen molar-refractivity contribution in [2.24, 2.45) is 52.0 Å². The van der Waals surface area contributed by atoms with E-state index in [4.69, 9.17) is 61.8 Å². The monoisotopic (exact) mass is 1760 g/mol. The number of carbonyl (C=O) groups is 13. The van der Waals surface area contributed by atoms with Crippen molar-refractivity contribution < 1.29 is 82.8 Å². The van der Waals surface area contributed by atoms with E-state index in [9.17, 15) is 82.8 Å². The minimum Gasteiger partial charge on any atom is -0.508 e. The van der Waals surface area contributed by atoms with Crippen molar-refractivity contribution in [3.8, 4) is 23.0 Å². The molecule has 4 aromatic carbocycles. The fraction of sp³-hybridized carbons (Fsp3) is 0.506. The highest BCUT2D eigenvalue weighted by molar-refractivity contribution is 5.99. The SMILES string of the molecule is CCC(=O)N[C@H](CCCC[C@@H](N)C(=O)N[C@H](Cc1ccc(O)cc1)C(=O)N[C@H](CCCNC(=N)N)C(=O)N[C@H](CC(C)C)C(=O)N[C@H](CCCNC(=N)N)C(=O)N[C@H](Cc1ccc(O)cc1)C(N)=O)C(=O)N[C@@H](Cc1ccc(O)cc1)C(=O)N[C@@H](CCCNC(=N)N)C(=O)N[C@@H](CC(C)C)C(=O)N[C@@H](CCCNC(=N)N)C(=O)N[C@@H](Cc1ccc(O)cc1)C(N)=O. The topological polar surface area (TPSA) is 761 Å². The Morgan fingerprint density at radius 2 is 0.492 bits per heavy atom. The number of hydrogen-bond acceptors (Lipinski definition) is 22. The summed E-state index contributed by atoms with van der Waals surface area (Å²) in [7, 11) is 0. The van der Waals surface area contributed by atoms with Crippen LogP contribution < -0.4 is 120 Å². The number of nitrogens with two attached hydrogens (primary N) is 7. The lowest BCUT2D eigenvalue weighted by molar-refractivity contribution is -0.135. The van der Waals surface area contributed by atoms with Crippen LogP contribution >= 0.6 is 0 Å². The van der Waals surface area contributed by atoms with Gasteiger partial charge in [0.15, 0.2) is 23.8 Å². The highest BCUT2D eigenvalue weighted by Crippen LogP contribution is 2.20. The first-order chi connectivity index (χ1) is 59.6. The molecule has 4 aromatic rings. The van der Waals surface area contributed by atoms with Crippen molar-refractivity contribution in [2.75, 3.05) is 26.2 Å². The summed E-state index contributed by atoms with van der Waals surface area (Å²) in [6.45, 7) is 8.80. The van der Waals surface area contributed by atoms with Gasteiger partial charge in [-0.15, -0.1) is 0 Å². The normalized spacial score (nSPS) is 13.9. The molecule has 0 aliphatic heterocycles. The summed E-state index contributed by atoms with van der Waals surface area (Å²) in [4.78, 5) is 184. The molecular weight excluding hydrogens is 1630 g/mol. The zero-order valence-electron chi connectivity index (χ0n) is 71.7. The zero-order valence-corrected chi connectivity index (χ0v) is 71.7. The van der Waals surface area contributed by atoms with Gasteiger partial charge in [0, 0.05) is 58.3 Å². The molecule has 0 aromatic heterocycles. The molecular formula is C83H128N26O17. The van der Waals surface area contributed by atoms with E-state index < -0.39 is 161 Å². The van der Waals surface area contributed by atoms with Gasteiger partial charge in [-0.05, 0) is 160 Å². The molecule has 0 heterocycles. The Kier molecular flexibility index (Phi) is 45.4. The summed E-state index contributed by atoms with van der Waals surface area (Å²) in [5.41, 5.74) is 42.0. The second-order valence-electron chi connectivity index (χ2n) is 31.5. The first-order valence-electron chi connectivity index (χ1n) is 41.7. The van der Waals surface area contributed by atoms with Crippen LogP contribution in [0.2, 0.25) is 0 Å². The number of rotatable bonds is 57. The van der Waals surface area contributed by atoms with Crippen LogP contribution in [-0.4, -0.2) is 220 Å². The maximum absolute atomic E-state index is 14.9. The maximum Gasteiger partial charge on any atom is 0.243 e. The number of guanidine groups is 4. The predicted molar refractivity (Wildman–Crippen MR) is 469 cm³/mol. The van der Waals surface area contributed by atoms with Gasteiger partial charge >= 0.3 is 0 Å². The number of hydrogen-bond donors (Lipinski definition) is 30. The molecule has 0 spiro atoms. The third-order valence-electron chi connectivity index (χ3n) is 19.8. The van der Waals surface area contributed by atoms with E-state index in [1.807, 2.05) is 0 Å². The van der Waals surface area contributed by atoms with Crippen LogP contribution in [-0.2, 0) is 88.0 Å². The number of aromatic hydroxyl groups is 4. The summed E-state index contributed by atoms with van der Waals surface area (Å²) in [5, 5.41) is 111. The lowest BCUT2D eigenvalue weighted by Crippen LogP contribution is -2.60. The molecule has 0 unspecified atom stereocenters. The summed E-state index contributed by atoms with van der Waals surface area (Å²) in [6.07, 6.45) is -0.904. The van der Waals surface area contributed by atoms with E-state index in [1.165, 1.54) is 104 Å². The molecule has 43 nitrogen and oxygen atoms in total. The summed E-state index contributed by atoms with van der Waals surface area (Å²) in [5.74, 6) is -13.6. The number of amides is 13. The molecule has 4 rings (SSSR count). The molecule has 43 heteroatoms. The third-order valence-corrected chi connectivity index (χ3v) is 19.8. The van der Waals surface area contributed by atoms with E-state index in [-0.39, 0.29) is 195 Å². The second-order valence-corrected chi connectivity index (χ2v) is 31.5. The van der Waals surface area contributed by atoms with Gasteiger partial charge in [0.2, 0.25) is 76.8 Å². The molecule has 692 valence electrons. The van der Waals surface area contributed by atoms with Crippen LogP contribution in [0.25, 0.3) is 0 Å². The van der Waals surface area contributed by atoms with Gasteiger partial charge < -0.3 is 140 Å². The minimum atomic E-state index is -1.54. The van der Waals surface area contributed by atoms with E-state index in [1.54, 1.807) is 27.7 Å². The largest absolute Gasteiger partial charge is 0.508 e. The lowest BCUT2D eigenvalue weighted by Gasteiger charge is -2.28. The number of phenols is 4. The van der Waals surface area contributed by atoms with Crippen LogP contribution in [0.5, 0.6) is 23.0 Å². The Bertz CT molecular complexity index is 4300. The van der Waals surface area contributed by atoms with Crippen molar-refractivity contribution in [1.29, 1.82) is 21.6 Å². The minimum absolute atomic E-state index is 0.0199. The summed E-state index contributed by atoms with van der Waals surface area (Å²) < 4.78 is 0. The van der Waals surface area contributed by atoms with Crippen molar-refractivity contribution in [3.63, 3.8) is 0 Å². The maximum atomic E-state index is 14.9. The molecule has 0 saturated carbocycles. The standard InChI is InChI=1S/C83H128N26O17/c1-6-67(114)99-56(71(118)109-66(44-50-25-33-54(113)34-26-50)79(126)103-60(18-12-38-98-83(93)94)75(122)108-64(40-46(4)5)77(124)101-58(16-10-36-96-81(89)90)73(120)105-62(69(86)116)42-48-21-29-52(111)30-22-48)14-8-7-13-55(84)70(117)106-65(43-49-23-31-53(112)32-24-49)78(125)102-59(17-11-37-97-82(91)92)74(121)107-63(39-45(2)3)76(123)100-57(15-9-35-95-80(87)88)72(119)104-61(68(85)115)41-47-19-27-51(110)28-20-47/h19-34,45-46,55-66,110-113H,6-18,35-44,84H2,1-5H3,(H2,85,115)(H2,86,116)(H,99,114)(H,100,123)(H,101,124)(H,102,125)(H,103,126)(H,104,119)(H,105,120)(H,106,117)(H,107,121)(H,108,122)(H,109,118)(H4,87,88,95)(H4,89,90,96)(H4,91,92,97)(H4,93,94,98)/t55-,56-,57-,58+,59-,60+,61-,62+,63-,64+,65-,66+/m1/s1. The van der Waals surface area contributed by atoms with Crippen LogP contribution in [0.4, 0.5) is 0 Å². The Morgan fingerprint density at radius 1 is 0.286 bits per heavy atom. The Balaban J connectivity index is 1.61. The molecule has 0 radical (unpaired) electrons. The van der Waals surface area contributed by atoms with Gasteiger partial charge in [0.05, 0.1) is 6.04 Å². The van der Waals surface area contributed by atoms with Gasteiger partial charge in [-0.3, -0.25) is 84.0 Å². The molecule has 0 fully saturated rings. The second kappa shape index (κ2) is 54.7. The molecule has 12 atom stereocenters. The van der Waals surface area contributed by atoms with Crippen molar-refractivity contribution in [2.45, 2.75) is 229 Å². The van der Waals surface area contributed by atoms with Gasteiger partial charge in [-0.1, -0.05) is 96.0 Å². The molecule has 0 aliphatic carbocycles. The van der Waals surface area contributed by atoms with Gasteiger partial charge in [-0.25, -0.2) is 0 Å². The average molecular weight is 1760 g/mol. The molecule has 37 N–H and O–H groups in total. The molecule has 126 heavy (non-hydrogen) atoms. The smallest absolute Gasteiger partial charge is 0.243 e. The quantitative estimate of drug-likeness (QED) is 0.0116. The molecule has 0 aliphatic rings. The van der Waals surface area contributed by atoms with Crippen molar-refractivity contribution in [3.05, 3.63) is 119 Å². The number of phenolic OH excluding ortho intramolecular Hbond substituents is 4. The first-order valence-corrected chi connectivity index (χ1v) is 41.7. The van der Waals surface area contributed by atoms with E-state index in [2.05, 4.69) is 79.8 Å². The Hall–Kier alpha value is -13.8. The summed E-state index contributed by atoms with van der Waals surface area (Å²) >= 11 is 0. The van der Waals surface area contributed by atoms with Crippen LogP contribution in [0.3, 0.4) is 0 Å². The van der Waals surface area contributed by atoms with Gasteiger partial charge in [-0.2, -0.15) is 0 Å². The van der Waals surface area contributed by atoms with Gasteiger partial charge in [0.1, 0.15) is 89.5 Å². The van der Waals surface area contributed by atoms with E-state index in [0.29, 0.717) is 22.3 Å². The number of primary amides is 2. The highest BCUT2D eigenvalue weighted by Gasteiger charge is 2.37. The number of carbonyl (C=O) groups excluding carboxylic acids is 13. The number of benzene rings is 4. The molecule has 0 saturated heterocycles. The van der Waals surface area contributed by atoms with Crippen LogP contribution in [0.1, 0.15) is 153 Å². The number of unbranched alkanes of at least 4 members (excludes halogenated alkanes) is 1. The van der Waals surface area contributed by atoms with E-state index >= 15 is 0 Å². The fourth-order valence-corrected chi connectivity index (χ4v) is 13.1. The highest BCUT2D eigenvalue weighted by atomic mass is 16.3. The average Bonchev–Trinajstić information content (AvgIpc) is 0.854. The fourth-order valence-electron chi connectivity index (χ4n) is 13.1. The predicted octanol–water partition coefficient (Wildman–Crippen LogP) is -3.47. The Morgan fingerprint density at radius 3 is 0.746 bits per heavy atom. The lowest BCUT2D eigenvalue weighted by atomic mass is 10.00. The van der Waals surface area contributed by atoms with Crippen LogP contribution in [0.15, 0.2) is 97.1 Å². The van der Waals surface area contributed by atoms with Crippen molar-refractivity contribution in [1.82, 2.24) is 79.8 Å². The Labute approximate surface area is 731 Å². The first kappa shape index (κ1) is 105. The molecule has 13 amide bonds. The van der Waals surface area contributed by atoms with Crippen LogP contribution in [0, 0.1) is 33.5 Å². The third kappa shape index (κ3) is 40.9. The van der Waals surface area contributed by atoms with Crippen molar-refractivity contribution >= 4 is 101 Å².